The first-order valence-electron chi connectivity index (χ1n) is 5.87. The van der Waals surface area contributed by atoms with E-state index in [9.17, 15) is 0 Å². The summed E-state index contributed by atoms with van der Waals surface area (Å²) in [4.78, 5) is 2.99. The second-order valence-electron chi connectivity index (χ2n) is 4.36. The Morgan fingerprint density at radius 1 is 1.19 bits per heavy atom. The van der Waals surface area contributed by atoms with Crippen molar-refractivity contribution in [3.8, 4) is 0 Å². The Kier molecular flexibility index (Phi) is 3.91. The van der Waals surface area contributed by atoms with Crippen LogP contribution in [0.2, 0.25) is 0 Å². The Morgan fingerprint density at radius 3 is 2.56 bits per heavy atom. The number of nitrogens with zero attached hydrogens (tertiary/aromatic N) is 1. The van der Waals surface area contributed by atoms with Crippen LogP contribution in [0.15, 0.2) is 24.3 Å². The Morgan fingerprint density at radius 2 is 1.88 bits per heavy atom. The molecule has 0 saturated carbocycles. The molecule has 2 N–H and O–H groups in total. The van der Waals surface area contributed by atoms with Gasteiger partial charge in [-0.25, -0.2) is 0 Å². The summed E-state index contributed by atoms with van der Waals surface area (Å²) in [6.45, 7) is 3.38. The SMILES string of the molecule is NC(=S)c1ccccc1CN1CCCCC1. The topological polar surface area (TPSA) is 29.3 Å². The summed E-state index contributed by atoms with van der Waals surface area (Å²) in [5.41, 5.74) is 8.02. The number of hydrogen-bond acceptors (Lipinski definition) is 2. The van der Waals surface area contributed by atoms with E-state index in [1.54, 1.807) is 0 Å². The number of nitrogens with two attached hydrogens (primary N) is 1. The average Bonchev–Trinajstić information content (AvgIpc) is 2.31. The van der Waals surface area contributed by atoms with Crippen LogP contribution in [0.25, 0.3) is 0 Å². The number of hydrogen-bond donors (Lipinski definition) is 1. The van der Waals surface area contributed by atoms with Crippen molar-refractivity contribution < 1.29 is 0 Å². The maximum atomic E-state index is 5.73. The maximum Gasteiger partial charge on any atom is 0.104 e. The van der Waals surface area contributed by atoms with E-state index in [1.807, 2.05) is 12.1 Å². The first kappa shape index (κ1) is 11.6. The van der Waals surface area contributed by atoms with Gasteiger partial charge in [0.25, 0.3) is 0 Å². The molecular formula is C13H18N2S. The van der Waals surface area contributed by atoms with E-state index in [0.717, 1.165) is 12.1 Å². The van der Waals surface area contributed by atoms with Gasteiger partial charge in [0.1, 0.15) is 4.99 Å². The molecule has 0 amide bonds. The largest absolute Gasteiger partial charge is 0.389 e. The molecule has 1 aromatic rings. The van der Waals surface area contributed by atoms with Gasteiger partial charge in [0, 0.05) is 12.1 Å². The van der Waals surface area contributed by atoms with Crippen LogP contribution in [-0.2, 0) is 6.54 Å². The van der Waals surface area contributed by atoms with Gasteiger partial charge >= 0.3 is 0 Å². The molecule has 1 aliphatic rings. The van der Waals surface area contributed by atoms with Crippen molar-refractivity contribution in [1.82, 2.24) is 4.90 Å². The fourth-order valence-corrected chi connectivity index (χ4v) is 2.46. The van der Waals surface area contributed by atoms with Gasteiger partial charge in [-0.2, -0.15) is 0 Å². The minimum absolute atomic E-state index is 0.507. The molecule has 0 aromatic heterocycles. The van der Waals surface area contributed by atoms with Crippen LogP contribution in [0.4, 0.5) is 0 Å². The van der Waals surface area contributed by atoms with Crippen LogP contribution >= 0.6 is 12.2 Å². The van der Waals surface area contributed by atoms with E-state index >= 15 is 0 Å². The van der Waals surface area contributed by atoms with E-state index in [2.05, 4.69) is 17.0 Å². The van der Waals surface area contributed by atoms with Crippen molar-refractivity contribution in [2.75, 3.05) is 13.1 Å². The van der Waals surface area contributed by atoms with Crippen LogP contribution in [0.5, 0.6) is 0 Å². The lowest BCUT2D eigenvalue weighted by Gasteiger charge is -2.27. The maximum absolute atomic E-state index is 5.73. The lowest BCUT2D eigenvalue weighted by atomic mass is 10.1. The first-order chi connectivity index (χ1) is 7.77. The molecule has 2 rings (SSSR count). The minimum Gasteiger partial charge on any atom is -0.389 e. The molecule has 1 fully saturated rings. The third-order valence-electron chi connectivity index (χ3n) is 3.13. The number of rotatable bonds is 3. The van der Waals surface area contributed by atoms with Crippen LogP contribution < -0.4 is 5.73 Å². The first-order valence-corrected chi connectivity index (χ1v) is 6.28. The lowest BCUT2D eigenvalue weighted by Crippen LogP contribution is -2.30. The lowest BCUT2D eigenvalue weighted by molar-refractivity contribution is 0.221. The summed E-state index contributed by atoms with van der Waals surface area (Å²) in [7, 11) is 0. The summed E-state index contributed by atoms with van der Waals surface area (Å²) in [6, 6.07) is 8.19. The van der Waals surface area contributed by atoms with Crippen LogP contribution in [0.3, 0.4) is 0 Å². The molecule has 0 aliphatic carbocycles. The summed E-state index contributed by atoms with van der Waals surface area (Å²) in [6.07, 6.45) is 4.00. The fourth-order valence-electron chi connectivity index (χ4n) is 2.26. The van der Waals surface area contributed by atoms with Crippen molar-refractivity contribution in [2.24, 2.45) is 5.73 Å². The Balaban J connectivity index is 2.10. The fraction of sp³-hybridized carbons (Fsp3) is 0.462. The van der Waals surface area contributed by atoms with Gasteiger partial charge in [0.05, 0.1) is 0 Å². The molecular weight excluding hydrogens is 216 g/mol. The number of piperidine rings is 1. The molecule has 1 aliphatic heterocycles. The van der Waals surface area contributed by atoms with Crippen molar-refractivity contribution >= 4 is 17.2 Å². The van der Waals surface area contributed by atoms with E-state index in [0.29, 0.717) is 4.99 Å². The standard InChI is InChI=1S/C13H18N2S/c14-13(16)12-7-3-2-6-11(12)10-15-8-4-1-5-9-15/h2-3,6-7H,1,4-5,8-10H2,(H2,14,16). The Bertz CT molecular complexity index is 370. The molecule has 0 bridgehead atoms. The van der Waals surface area contributed by atoms with E-state index in [-0.39, 0.29) is 0 Å². The molecule has 0 unspecified atom stereocenters. The summed E-state index contributed by atoms with van der Waals surface area (Å²) in [5, 5.41) is 0. The van der Waals surface area contributed by atoms with Gasteiger partial charge in [0.2, 0.25) is 0 Å². The number of likely N-dealkylation sites (tertiary alicyclic amines) is 1. The predicted octanol–water partition coefficient (Wildman–Crippen LogP) is 2.31. The summed E-state index contributed by atoms with van der Waals surface area (Å²) in [5.74, 6) is 0. The second-order valence-corrected chi connectivity index (χ2v) is 4.80. The third kappa shape index (κ3) is 2.80. The smallest absolute Gasteiger partial charge is 0.104 e. The highest BCUT2D eigenvalue weighted by Gasteiger charge is 2.12. The average molecular weight is 234 g/mol. The molecule has 0 spiro atoms. The molecule has 2 nitrogen and oxygen atoms in total. The van der Waals surface area contributed by atoms with E-state index in [1.165, 1.54) is 37.9 Å². The van der Waals surface area contributed by atoms with E-state index in [4.69, 9.17) is 18.0 Å². The van der Waals surface area contributed by atoms with Gasteiger partial charge < -0.3 is 5.73 Å². The van der Waals surface area contributed by atoms with Crippen LogP contribution in [-0.4, -0.2) is 23.0 Å². The quantitative estimate of drug-likeness (QED) is 0.814. The van der Waals surface area contributed by atoms with E-state index < -0.39 is 0 Å². The molecule has 1 saturated heterocycles. The van der Waals surface area contributed by atoms with Crippen molar-refractivity contribution in [3.05, 3.63) is 35.4 Å². The third-order valence-corrected chi connectivity index (χ3v) is 3.35. The van der Waals surface area contributed by atoms with Crippen molar-refractivity contribution in [2.45, 2.75) is 25.8 Å². The molecule has 0 radical (unpaired) electrons. The normalized spacial score (nSPS) is 17.2. The highest BCUT2D eigenvalue weighted by atomic mass is 32.1. The zero-order valence-electron chi connectivity index (χ0n) is 9.48. The molecule has 16 heavy (non-hydrogen) atoms. The van der Waals surface area contributed by atoms with Crippen molar-refractivity contribution in [3.63, 3.8) is 0 Å². The van der Waals surface area contributed by atoms with Gasteiger partial charge in [-0.1, -0.05) is 42.9 Å². The molecule has 0 atom stereocenters. The Hall–Kier alpha value is -0.930. The summed E-state index contributed by atoms with van der Waals surface area (Å²) >= 11 is 5.08. The molecule has 1 aromatic carbocycles. The highest BCUT2D eigenvalue weighted by Crippen LogP contribution is 2.15. The van der Waals surface area contributed by atoms with Crippen LogP contribution in [0, 0.1) is 0 Å². The van der Waals surface area contributed by atoms with Gasteiger partial charge in [-0.15, -0.1) is 0 Å². The van der Waals surface area contributed by atoms with Crippen molar-refractivity contribution in [1.29, 1.82) is 0 Å². The predicted molar refractivity (Wildman–Crippen MR) is 71.5 cm³/mol. The highest BCUT2D eigenvalue weighted by molar-refractivity contribution is 7.80. The zero-order valence-corrected chi connectivity index (χ0v) is 10.3. The molecule has 1 heterocycles. The molecule has 3 heteroatoms. The molecule has 86 valence electrons. The van der Waals surface area contributed by atoms with Crippen LogP contribution in [0.1, 0.15) is 30.4 Å². The summed E-state index contributed by atoms with van der Waals surface area (Å²) < 4.78 is 0. The zero-order chi connectivity index (χ0) is 11.4. The second kappa shape index (κ2) is 5.41. The number of thiocarbonyl (C=S) groups is 1. The van der Waals surface area contributed by atoms with Gasteiger partial charge in [-0.3, -0.25) is 4.90 Å². The monoisotopic (exact) mass is 234 g/mol. The van der Waals surface area contributed by atoms with Gasteiger partial charge in [-0.05, 0) is 31.5 Å². The Labute approximate surface area is 102 Å². The number of benzene rings is 1. The van der Waals surface area contributed by atoms with Gasteiger partial charge in [0.15, 0.2) is 0 Å². The minimum atomic E-state index is 0.507.